The lowest BCUT2D eigenvalue weighted by atomic mass is 9.99. The third-order valence-corrected chi connectivity index (χ3v) is 3.05. The summed E-state index contributed by atoms with van der Waals surface area (Å²) in [5.74, 6) is 2.59. The maximum absolute atomic E-state index is 12.0. The number of hydrogen-bond acceptors (Lipinski definition) is 4. The molecule has 84 valence electrons. The summed E-state index contributed by atoms with van der Waals surface area (Å²) in [5.41, 5.74) is 6.70. The summed E-state index contributed by atoms with van der Waals surface area (Å²) in [6.45, 7) is 3.51. The molecule has 0 fully saturated rings. The second-order valence-electron chi connectivity index (χ2n) is 4.01. The van der Waals surface area contributed by atoms with Crippen molar-refractivity contribution in [3.8, 4) is 0 Å². The summed E-state index contributed by atoms with van der Waals surface area (Å²) in [6.07, 6.45) is 1.20. The highest BCUT2D eigenvalue weighted by Gasteiger charge is 2.24. The van der Waals surface area contributed by atoms with E-state index in [-0.39, 0.29) is 17.3 Å². The molecular weight excluding hydrogens is 206 g/mol. The van der Waals surface area contributed by atoms with E-state index in [9.17, 15) is 9.59 Å². The van der Waals surface area contributed by atoms with Crippen LogP contribution in [-0.4, -0.2) is 15.5 Å². The molecule has 0 aromatic carbocycles. The molecule has 5 nitrogen and oxygen atoms in total. The fraction of sp³-hybridized carbons (Fsp3) is 0.455. The molecule has 1 aliphatic rings. The number of aromatic nitrogens is 2. The zero-order valence-electron chi connectivity index (χ0n) is 9.28. The van der Waals surface area contributed by atoms with E-state index in [2.05, 4.69) is 4.98 Å². The average molecular weight is 219 g/mol. The highest BCUT2D eigenvalue weighted by atomic mass is 16.1. The number of carbonyl (C=O) groups excluding carboxylic acids is 1. The maximum atomic E-state index is 12.0. The quantitative estimate of drug-likeness (QED) is 0.640. The minimum absolute atomic E-state index is 0.155. The normalized spacial score (nSPS) is 19.1. The topological polar surface area (TPSA) is 78.0 Å². The van der Waals surface area contributed by atoms with Gasteiger partial charge in [0.25, 0.3) is 5.56 Å². The molecule has 1 aromatic heterocycles. The summed E-state index contributed by atoms with van der Waals surface area (Å²) >= 11 is 0. The summed E-state index contributed by atoms with van der Waals surface area (Å²) in [4.78, 5) is 27.0. The number of nitrogen functional groups attached to an aromatic ring is 1. The summed E-state index contributed by atoms with van der Waals surface area (Å²) in [7, 11) is 0. The molecule has 1 atom stereocenters. The first-order valence-electron chi connectivity index (χ1n) is 5.17. The number of allylic oxidation sites excluding steroid dienone is 1. The van der Waals surface area contributed by atoms with Crippen LogP contribution >= 0.6 is 0 Å². The Balaban J connectivity index is 2.73. The molecule has 5 heteroatoms. The second kappa shape index (κ2) is 3.61. The van der Waals surface area contributed by atoms with Gasteiger partial charge < -0.3 is 5.73 Å². The molecule has 1 aromatic rings. The Morgan fingerprint density at radius 1 is 1.50 bits per heavy atom. The van der Waals surface area contributed by atoms with Crippen molar-refractivity contribution in [2.75, 3.05) is 5.73 Å². The zero-order valence-corrected chi connectivity index (χ0v) is 9.28. The number of anilines is 1. The van der Waals surface area contributed by atoms with Crippen molar-refractivity contribution in [1.82, 2.24) is 9.55 Å². The standard InChI is InChI=1S/C11H13N3O2/c1-6-10(12)11(16)14-7(2)8(5-15)3-4-9(14)13-6/h7H,3-4,12H2,1-2H3. The van der Waals surface area contributed by atoms with E-state index < -0.39 is 0 Å². The van der Waals surface area contributed by atoms with Crippen LogP contribution in [0.5, 0.6) is 0 Å². The number of fused-ring (bicyclic) bond motifs is 1. The fourth-order valence-electron chi connectivity index (χ4n) is 2.03. The molecule has 2 rings (SSSR count). The maximum Gasteiger partial charge on any atom is 0.277 e. The van der Waals surface area contributed by atoms with Crippen molar-refractivity contribution in [3.05, 3.63) is 27.4 Å². The molecule has 0 radical (unpaired) electrons. The van der Waals surface area contributed by atoms with E-state index in [1.54, 1.807) is 13.8 Å². The van der Waals surface area contributed by atoms with Crippen molar-refractivity contribution in [2.24, 2.45) is 0 Å². The van der Waals surface area contributed by atoms with Crippen LogP contribution in [0.2, 0.25) is 0 Å². The molecule has 0 saturated heterocycles. The van der Waals surface area contributed by atoms with Gasteiger partial charge in [0.15, 0.2) is 0 Å². The van der Waals surface area contributed by atoms with Gasteiger partial charge in [-0.3, -0.25) is 9.36 Å². The third kappa shape index (κ3) is 1.37. The Morgan fingerprint density at radius 2 is 2.19 bits per heavy atom. The van der Waals surface area contributed by atoms with Crippen LogP contribution in [0.3, 0.4) is 0 Å². The molecule has 0 amide bonds. The monoisotopic (exact) mass is 219 g/mol. The Bertz CT molecular complexity index is 553. The lowest BCUT2D eigenvalue weighted by molar-refractivity contribution is 0.491. The van der Waals surface area contributed by atoms with Gasteiger partial charge in [-0.25, -0.2) is 9.78 Å². The van der Waals surface area contributed by atoms with E-state index in [0.717, 1.165) is 0 Å². The smallest absolute Gasteiger partial charge is 0.277 e. The molecular formula is C11H13N3O2. The SMILES string of the molecule is Cc1nc2n(c(=O)c1N)C(C)C(=C=O)CC2. The predicted molar refractivity (Wildman–Crippen MR) is 59.9 cm³/mol. The van der Waals surface area contributed by atoms with Gasteiger partial charge in [0.1, 0.15) is 17.5 Å². The van der Waals surface area contributed by atoms with Crippen LogP contribution in [0.25, 0.3) is 0 Å². The van der Waals surface area contributed by atoms with E-state index in [4.69, 9.17) is 5.73 Å². The van der Waals surface area contributed by atoms with E-state index in [1.165, 1.54) is 4.57 Å². The predicted octanol–water partition coefficient (Wildman–Crippen LogP) is 0.399. The number of rotatable bonds is 0. The van der Waals surface area contributed by atoms with E-state index in [1.807, 2.05) is 5.94 Å². The Hall–Kier alpha value is -1.87. The second-order valence-corrected chi connectivity index (χ2v) is 4.01. The highest BCUT2D eigenvalue weighted by molar-refractivity contribution is 5.55. The molecule has 0 saturated carbocycles. The van der Waals surface area contributed by atoms with Gasteiger partial charge >= 0.3 is 0 Å². The molecule has 2 heterocycles. The van der Waals surface area contributed by atoms with Crippen molar-refractivity contribution < 1.29 is 4.79 Å². The average Bonchev–Trinajstić information content (AvgIpc) is 2.26. The van der Waals surface area contributed by atoms with Crippen LogP contribution in [0.15, 0.2) is 10.4 Å². The third-order valence-electron chi connectivity index (χ3n) is 3.05. The molecule has 0 aliphatic carbocycles. The molecule has 2 N–H and O–H groups in total. The number of aryl methyl sites for hydroxylation is 2. The van der Waals surface area contributed by atoms with Crippen LogP contribution in [0, 0.1) is 6.92 Å². The van der Waals surface area contributed by atoms with Crippen LogP contribution < -0.4 is 11.3 Å². The summed E-state index contributed by atoms with van der Waals surface area (Å²) in [6, 6.07) is -0.288. The number of hydrogen-bond donors (Lipinski definition) is 1. The van der Waals surface area contributed by atoms with Gasteiger partial charge in [-0.05, 0) is 20.3 Å². The summed E-state index contributed by atoms with van der Waals surface area (Å²) in [5, 5.41) is 0. The minimum Gasteiger partial charge on any atom is -0.393 e. The Morgan fingerprint density at radius 3 is 2.81 bits per heavy atom. The van der Waals surface area contributed by atoms with Crippen LogP contribution in [0.1, 0.15) is 30.9 Å². The van der Waals surface area contributed by atoms with Crippen LogP contribution in [-0.2, 0) is 11.2 Å². The number of nitrogens with two attached hydrogens (primary N) is 1. The van der Waals surface area contributed by atoms with E-state index >= 15 is 0 Å². The number of nitrogens with zero attached hydrogens (tertiary/aromatic N) is 2. The van der Waals surface area contributed by atoms with Gasteiger partial charge in [0, 0.05) is 12.0 Å². The van der Waals surface area contributed by atoms with Gasteiger partial charge in [-0.1, -0.05) is 0 Å². The molecule has 16 heavy (non-hydrogen) atoms. The molecule has 1 aliphatic heterocycles. The lowest BCUT2D eigenvalue weighted by Crippen LogP contribution is -2.34. The minimum atomic E-state index is -0.288. The molecule has 1 unspecified atom stereocenters. The molecule has 0 spiro atoms. The van der Waals surface area contributed by atoms with E-state index in [0.29, 0.717) is 29.9 Å². The zero-order chi connectivity index (χ0) is 11.9. The van der Waals surface area contributed by atoms with Crippen molar-refractivity contribution in [1.29, 1.82) is 0 Å². The molecule has 0 bridgehead atoms. The largest absolute Gasteiger partial charge is 0.393 e. The van der Waals surface area contributed by atoms with Gasteiger partial charge in [-0.15, -0.1) is 0 Å². The van der Waals surface area contributed by atoms with Crippen molar-refractivity contribution >= 4 is 11.6 Å². The first-order chi connectivity index (χ1) is 7.56. The van der Waals surface area contributed by atoms with Gasteiger partial charge in [0.05, 0.1) is 11.7 Å². The first kappa shape index (κ1) is 10.6. The Labute approximate surface area is 92.6 Å². The first-order valence-corrected chi connectivity index (χ1v) is 5.17. The Kier molecular flexibility index (Phi) is 2.40. The fourth-order valence-corrected chi connectivity index (χ4v) is 2.03. The lowest BCUT2D eigenvalue weighted by Gasteiger charge is -2.25. The van der Waals surface area contributed by atoms with Crippen LogP contribution in [0.4, 0.5) is 5.69 Å². The van der Waals surface area contributed by atoms with Gasteiger partial charge in [0.2, 0.25) is 0 Å². The highest BCUT2D eigenvalue weighted by Crippen LogP contribution is 2.25. The van der Waals surface area contributed by atoms with Gasteiger partial charge in [-0.2, -0.15) is 0 Å². The van der Waals surface area contributed by atoms with Crippen molar-refractivity contribution in [2.45, 2.75) is 32.7 Å². The van der Waals surface area contributed by atoms with Crippen molar-refractivity contribution in [3.63, 3.8) is 0 Å². The summed E-state index contributed by atoms with van der Waals surface area (Å²) < 4.78 is 1.49.